The van der Waals surface area contributed by atoms with Crippen molar-refractivity contribution in [1.29, 1.82) is 0 Å². The van der Waals surface area contributed by atoms with Crippen LogP contribution in [0.1, 0.15) is 24.6 Å². The average Bonchev–Trinajstić information content (AvgIpc) is 3.07. The van der Waals surface area contributed by atoms with Gasteiger partial charge in [0, 0.05) is 31.5 Å². The maximum atomic E-state index is 4.46. The van der Waals surface area contributed by atoms with Crippen LogP contribution < -0.4 is 5.32 Å². The van der Waals surface area contributed by atoms with Crippen LogP contribution in [-0.2, 0) is 20.1 Å². The van der Waals surface area contributed by atoms with E-state index in [1.165, 1.54) is 16.5 Å². The molecular weight excluding hydrogens is 260 g/mol. The number of rotatable bonds is 6. The van der Waals surface area contributed by atoms with E-state index >= 15 is 0 Å². The van der Waals surface area contributed by atoms with Gasteiger partial charge in [-0.15, -0.1) is 0 Å². The Morgan fingerprint density at radius 3 is 2.81 bits per heavy atom. The van der Waals surface area contributed by atoms with Gasteiger partial charge in [0.2, 0.25) is 0 Å². The Hall–Kier alpha value is -2.07. The van der Waals surface area contributed by atoms with Gasteiger partial charge in [-0.1, -0.05) is 19.1 Å². The minimum absolute atomic E-state index is 0.816. The van der Waals surface area contributed by atoms with Gasteiger partial charge in [0.25, 0.3) is 0 Å². The zero-order chi connectivity index (χ0) is 14.7. The lowest BCUT2D eigenvalue weighted by molar-refractivity contribution is 0.675. The van der Waals surface area contributed by atoms with Crippen molar-refractivity contribution in [3.05, 3.63) is 54.0 Å². The molecule has 0 unspecified atom stereocenters. The first kappa shape index (κ1) is 13.9. The molecule has 0 radical (unpaired) electrons. The van der Waals surface area contributed by atoms with Crippen molar-refractivity contribution in [2.45, 2.75) is 26.4 Å². The van der Waals surface area contributed by atoms with Crippen LogP contribution >= 0.6 is 0 Å². The summed E-state index contributed by atoms with van der Waals surface area (Å²) in [6.45, 7) is 5.00. The molecule has 0 aliphatic carbocycles. The predicted molar refractivity (Wildman–Crippen MR) is 86.2 cm³/mol. The Morgan fingerprint density at radius 1 is 1.14 bits per heavy atom. The van der Waals surface area contributed by atoms with Gasteiger partial charge < -0.3 is 9.88 Å². The lowest BCUT2D eigenvalue weighted by atomic mass is 10.1. The van der Waals surface area contributed by atoms with Crippen molar-refractivity contribution in [1.82, 2.24) is 19.7 Å². The van der Waals surface area contributed by atoms with Crippen LogP contribution in [0.4, 0.5) is 0 Å². The zero-order valence-electron chi connectivity index (χ0n) is 12.7. The largest absolute Gasteiger partial charge is 0.341 e. The Bertz CT molecular complexity index is 723. The van der Waals surface area contributed by atoms with Crippen LogP contribution in [0, 0.1) is 0 Å². The van der Waals surface area contributed by atoms with Crippen molar-refractivity contribution in [2.24, 2.45) is 7.05 Å². The number of fused-ring (bicyclic) bond motifs is 1. The topological polar surface area (TPSA) is 34.8 Å². The smallest absolute Gasteiger partial charge is 0.0821 e. The van der Waals surface area contributed by atoms with Gasteiger partial charge in [-0.25, -0.2) is 0 Å². The number of nitrogens with zero attached hydrogens (tertiary/aromatic N) is 3. The number of hydrogen-bond acceptors (Lipinski definition) is 2. The Morgan fingerprint density at radius 2 is 2.05 bits per heavy atom. The van der Waals surface area contributed by atoms with Crippen molar-refractivity contribution < 1.29 is 0 Å². The van der Waals surface area contributed by atoms with Crippen molar-refractivity contribution >= 4 is 10.9 Å². The first-order chi connectivity index (χ1) is 10.3. The number of hydrogen-bond donors (Lipinski definition) is 1. The van der Waals surface area contributed by atoms with Gasteiger partial charge in [0.05, 0.1) is 12.2 Å². The van der Waals surface area contributed by atoms with Gasteiger partial charge in [-0.05, 0) is 42.1 Å². The molecule has 0 spiro atoms. The molecule has 0 aliphatic rings. The Balaban J connectivity index is 1.83. The van der Waals surface area contributed by atoms with Gasteiger partial charge >= 0.3 is 0 Å². The first-order valence-electron chi connectivity index (χ1n) is 7.53. The standard InChI is InChI=1S/C17H22N4/c1-3-8-18-12-14-4-5-15-6-10-21(17(15)11-14)13-16-7-9-20(2)19-16/h4-7,9-11,18H,3,8,12-13H2,1-2H3. The number of nitrogens with one attached hydrogen (secondary N) is 1. The third-order valence-electron chi connectivity index (χ3n) is 3.70. The van der Waals surface area contributed by atoms with Crippen molar-refractivity contribution in [3.8, 4) is 0 Å². The predicted octanol–water partition coefficient (Wildman–Crippen LogP) is 2.92. The van der Waals surface area contributed by atoms with Crippen LogP contribution in [0.2, 0.25) is 0 Å². The highest BCUT2D eigenvalue weighted by Crippen LogP contribution is 2.19. The molecule has 0 aliphatic heterocycles. The fraction of sp³-hybridized carbons (Fsp3) is 0.353. The molecule has 0 saturated heterocycles. The van der Waals surface area contributed by atoms with Crippen LogP contribution in [0.3, 0.4) is 0 Å². The third kappa shape index (κ3) is 3.16. The van der Waals surface area contributed by atoms with Gasteiger partial charge in [-0.2, -0.15) is 5.10 Å². The molecule has 0 atom stereocenters. The molecule has 4 nitrogen and oxygen atoms in total. The molecule has 3 rings (SSSR count). The normalized spacial score (nSPS) is 11.3. The summed E-state index contributed by atoms with van der Waals surface area (Å²) in [6, 6.07) is 10.9. The van der Waals surface area contributed by atoms with Crippen LogP contribution in [0.15, 0.2) is 42.7 Å². The highest BCUT2D eigenvalue weighted by atomic mass is 15.3. The van der Waals surface area contributed by atoms with E-state index in [2.05, 4.69) is 58.4 Å². The molecule has 3 aromatic rings. The highest BCUT2D eigenvalue weighted by molar-refractivity contribution is 5.80. The SMILES string of the molecule is CCCNCc1ccc2ccn(Cc3ccn(C)n3)c2c1. The minimum Gasteiger partial charge on any atom is -0.341 e. The molecule has 0 fully saturated rings. The van der Waals surface area contributed by atoms with Crippen molar-refractivity contribution in [2.75, 3.05) is 6.54 Å². The first-order valence-corrected chi connectivity index (χ1v) is 7.53. The second kappa shape index (κ2) is 6.14. The maximum absolute atomic E-state index is 4.46. The highest BCUT2D eigenvalue weighted by Gasteiger charge is 2.05. The monoisotopic (exact) mass is 282 g/mol. The number of benzene rings is 1. The lowest BCUT2D eigenvalue weighted by Crippen LogP contribution is -2.13. The molecule has 2 heterocycles. The Kier molecular flexibility index (Phi) is 4.06. The summed E-state index contributed by atoms with van der Waals surface area (Å²) in [6.07, 6.45) is 5.29. The van der Waals surface area contributed by atoms with Crippen LogP contribution in [-0.4, -0.2) is 20.9 Å². The molecule has 1 aromatic carbocycles. The van der Waals surface area contributed by atoms with E-state index in [1.54, 1.807) is 0 Å². The second-order valence-electron chi connectivity index (χ2n) is 5.49. The van der Waals surface area contributed by atoms with Crippen molar-refractivity contribution in [3.63, 3.8) is 0 Å². The molecule has 4 heteroatoms. The molecule has 0 amide bonds. The van der Waals surface area contributed by atoms with Gasteiger partial charge in [0.15, 0.2) is 0 Å². The summed E-state index contributed by atoms with van der Waals surface area (Å²) in [5.74, 6) is 0. The van der Waals surface area contributed by atoms with E-state index in [4.69, 9.17) is 0 Å². The summed E-state index contributed by atoms with van der Waals surface area (Å²) in [4.78, 5) is 0. The molecule has 21 heavy (non-hydrogen) atoms. The number of aromatic nitrogens is 3. The average molecular weight is 282 g/mol. The minimum atomic E-state index is 0.816. The van der Waals surface area contributed by atoms with E-state index in [0.717, 1.165) is 31.7 Å². The lowest BCUT2D eigenvalue weighted by Gasteiger charge is -2.07. The van der Waals surface area contributed by atoms with Gasteiger partial charge in [0.1, 0.15) is 0 Å². The molecule has 0 bridgehead atoms. The fourth-order valence-corrected chi connectivity index (χ4v) is 2.61. The summed E-state index contributed by atoms with van der Waals surface area (Å²) in [5.41, 5.74) is 3.69. The second-order valence-corrected chi connectivity index (χ2v) is 5.49. The van der Waals surface area contributed by atoms with Crippen LogP contribution in [0.25, 0.3) is 10.9 Å². The molecule has 110 valence electrons. The molecule has 1 N–H and O–H groups in total. The Labute approximate surface area is 125 Å². The van der Waals surface area contributed by atoms with E-state index in [1.807, 2.05) is 17.9 Å². The number of aryl methyl sites for hydroxylation is 1. The van der Waals surface area contributed by atoms with Crippen LogP contribution in [0.5, 0.6) is 0 Å². The molecule has 0 saturated carbocycles. The van der Waals surface area contributed by atoms with E-state index < -0.39 is 0 Å². The summed E-state index contributed by atoms with van der Waals surface area (Å²) in [7, 11) is 1.95. The quantitative estimate of drug-likeness (QED) is 0.705. The molecular formula is C17H22N4. The summed E-state index contributed by atoms with van der Waals surface area (Å²) in [5, 5.41) is 9.20. The van der Waals surface area contributed by atoms with Gasteiger partial charge in [-0.3, -0.25) is 4.68 Å². The summed E-state index contributed by atoms with van der Waals surface area (Å²) < 4.78 is 4.11. The van der Waals surface area contributed by atoms with E-state index in [0.29, 0.717) is 0 Å². The molecule has 2 aromatic heterocycles. The third-order valence-corrected chi connectivity index (χ3v) is 3.70. The van der Waals surface area contributed by atoms with E-state index in [9.17, 15) is 0 Å². The fourth-order valence-electron chi connectivity index (χ4n) is 2.61. The summed E-state index contributed by atoms with van der Waals surface area (Å²) >= 11 is 0. The van der Waals surface area contributed by atoms with E-state index in [-0.39, 0.29) is 0 Å². The zero-order valence-corrected chi connectivity index (χ0v) is 12.7. The maximum Gasteiger partial charge on any atom is 0.0821 e.